The Balaban J connectivity index is 1.97. The average molecular weight is 509 g/mol. The molecule has 0 saturated carbocycles. The van der Waals surface area contributed by atoms with Crippen molar-refractivity contribution in [1.82, 2.24) is 0 Å². The first-order valence-corrected chi connectivity index (χ1v) is 13.2. The Kier molecular flexibility index (Phi) is 9.13. The number of hydrogen-bond acceptors (Lipinski definition) is 5. The van der Waals surface area contributed by atoms with E-state index < -0.39 is 18.2 Å². The molecule has 0 spiro atoms. The number of aromatic carboxylic acids is 1. The van der Waals surface area contributed by atoms with E-state index in [0.717, 1.165) is 50.3 Å². The number of anilines is 2. The zero-order valence-corrected chi connectivity index (χ0v) is 22.7. The molecule has 2 N–H and O–H groups in total. The summed E-state index contributed by atoms with van der Waals surface area (Å²) in [6.45, 7) is 10.9. The quantitative estimate of drug-likeness (QED) is 0.152. The molecule has 200 valence electrons. The van der Waals surface area contributed by atoms with Gasteiger partial charge in [-0.25, -0.2) is 4.79 Å². The van der Waals surface area contributed by atoms with Crippen molar-refractivity contribution in [2.75, 3.05) is 4.90 Å². The number of para-hydroxylation sites is 1. The van der Waals surface area contributed by atoms with Gasteiger partial charge < -0.3 is 15.1 Å². The third-order valence-corrected chi connectivity index (χ3v) is 7.34. The lowest BCUT2D eigenvalue weighted by Gasteiger charge is -2.42. The molecule has 2 aromatic rings. The highest BCUT2D eigenvalue weighted by Crippen LogP contribution is 2.47. The summed E-state index contributed by atoms with van der Waals surface area (Å²) in [4.78, 5) is 32.0. The summed E-state index contributed by atoms with van der Waals surface area (Å²) in [6, 6.07) is 12.3. The number of unbranched alkanes of at least 4 members (excludes halogenated alkanes) is 3. The monoisotopic (exact) mass is 508 g/mol. The number of nitrogens with zero attached hydrogens (tertiary/aromatic N) is 2. The van der Waals surface area contributed by atoms with Crippen LogP contribution in [0.15, 0.2) is 47.6 Å². The van der Waals surface area contributed by atoms with E-state index >= 15 is 0 Å². The topological polar surface area (TPSA) is 99.4 Å². The van der Waals surface area contributed by atoms with Crippen molar-refractivity contribution in [3.63, 3.8) is 0 Å². The number of amides is 1. The van der Waals surface area contributed by atoms with Crippen molar-refractivity contribution < 1.29 is 24.6 Å². The van der Waals surface area contributed by atoms with E-state index in [4.69, 9.17) is 4.84 Å². The fraction of sp³-hybridized carbons (Fsp3) is 0.500. The fourth-order valence-electron chi connectivity index (χ4n) is 4.95. The second-order valence-electron chi connectivity index (χ2n) is 11.1. The smallest absolute Gasteiger partial charge is 0.337 e. The lowest BCUT2D eigenvalue weighted by Crippen LogP contribution is -2.35. The number of fused-ring (bicyclic) bond motifs is 1. The fourth-order valence-corrected chi connectivity index (χ4v) is 4.95. The predicted molar refractivity (Wildman–Crippen MR) is 147 cm³/mol. The predicted octanol–water partition coefficient (Wildman–Crippen LogP) is 6.69. The van der Waals surface area contributed by atoms with Gasteiger partial charge in [-0.05, 0) is 65.5 Å². The molecule has 37 heavy (non-hydrogen) atoms. The van der Waals surface area contributed by atoms with E-state index in [2.05, 4.69) is 39.8 Å². The number of carboxylic acid groups (broad SMARTS) is 1. The van der Waals surface area contributed by atoms with Crippen LogP contribution in [0.1, 0.15) is 101 Å². The first kappa shape index (κ1) is 28.4. The Morgan fingerprint density at radius 2 is 1.70 bits per heavy atom. The summed E-state index contributed by atoms with van der Waals surface area (Å²) < 4.78 is 0. The van der Waals surface area contributed by atoms with E-state index in [9.17, 15) is 19.8 Å². The Labute approximate surface area is 220 Å². The Bertz CT molecular complexity index is 1140. The zero-order chi connectivity index (χ0) is 27.2. The molecule has 3 rings (SSSR count). The highest BCUT2D eigenvalue weighted by molar-refractivity contribution is 6.35. The molecule has 0 aromatic heterocycles. The zero-order valence-electron chi connectivity index (χ0n) is 22.7. The minimum Gasteiger partial charge on any atom is -0.478 e. The van der Waals surface area contributed by atoms with Crippen LogP contribution < -0.4 is 4.90 Å². The molecule has 1 aliphatic carbocycles. The number of carbonyl (C=O) groups excluding carboxylic acids is 1. The Morgan fingerprint density at radius 3 is 2.38 bits per heavy atom. The molecule has 0 bridgehead atoms. The number of carbonyl (C=O) groups is 2. The van der Waals surface area contributed by atoms with Crippen molar-refractivity contribution in [3.05, 3.63) is 59.2 Å². The van der Waals surface area contributed by atoms with Gasteiger partial charge in [0.15, 0.2) is 0 Å². The van der Waals surface area contributed by atoms with E-state index in [1.54, 1.807) is 18.2 Å². The van der Waals surface area contributed by atoms with Gasteiger partial charge in [0, 0.05) is 12.1 Å². The molecule has 1 atom stereocenters. The molecule has 0 aliphatic heterocycles. The van der Waals surface area contributed by atoms with Crippen LogP contribution >= 0.6 is 0 Å². The van der Waals surface area contributed by atoms with Crippen LogP contribution in [-0.4, -0.2) is 34.6 Å². The summed E-state index contributed by atoms with van der Waals surface area (Å²) in [5.74, 6) is -1.71. The number of aliphatic hydroxyl groups excluding tert-OH is 1. The SMILES string of the molecule is CCCCCCC(O)ON=CC(=O)N(c1ccc2c(c1)C(C)(C)CCC2(C)C)c1ccccc1C(=O)O. The van der Waals surface area contributed by atoms with Gasteiger partial charge in [0.05, 0.1) is 11.3 Å². The van der Waals surface area contributed by atoms with Crippen molar-refractivity contribution in [1.29, 1.82) is 0 Å². The number of oxime groups is 1. The van der Waals surface area contributed by atoms with Crippen LogP contribution in [0, 0.1) is 0 Å². The maximum atomic E-state index is 13.5. The van der Waals surface area contributed by atoms with Crippen molar-refractivity contribution in [2.45, 2.75) is 96.7 Å². The molecular weight excluding hydrogens is 468 g/mol. The maximum absolute atomic E-state index is 13.5. The molecule has 1 amide bonds. The molecule has 0 radical (unpaired) electrons. The summed E-state index contributed by atoms with van der Waals surface area (Å²) in [5, 5.41) is 23.6. The Hall–Kier alpha value is -3.19. The molecule has 0 fully saturated rings. The second kappa shape index (κ2) is 11.9. The largest absolute Gasteiger partial charge is 0.478 e. The first-order valence-electron chi connectivity index (χ1n) is 13.2. The highest BCUT2D eigenvalue weighted by Gasteiger charge is 2.37. The van der Waals surface area contributed by atoms with Gasteiger partial charge in [0.25, 0.3) is 5.91 Å². The summed E-state index contributed by atoms with van der Waals surface area (Å²) in [6.07, 6.45) is 6.34. The number of rotatable bonds is 11. The summed E-state index contributed by atoms with van der Waals surface area (Å²) in [5.41, 5.74) is 3.06. The number of hydrogen-bond donors (Lipinski definition) is 2. The van der Waals surface area contributed by atoms with E-state index in [0.29, 0.717) is 12.1 Å². The molecule has 0 saturated heterocycles. The number of aliphatic hydroxyl groups is 1. The van der Waals surface area contributed by atoms with Crippen LogP contribution in [0.2, 0.25) is 0 Å². The Morgan fingerprint density at radius 1 is 1.03 bits per heavy atom. The van der Waals surface area contributed by atoms with Crippen LogP contribution in [0.4, 0.5) is 11.4 Å². The first-order chi connectivity index (χ1) is 17.5. The van der Waals surface area contributed by atoms with Gasteiger partial charge in [0.2, 0.25) is 6.29 Å². The van der Waals surface area contributed by atoms with Crippen LogP contribution in [-0.2, 0) is 20.5 Å². The van der Waals surface area contributed by atoms with Crippen LogP contribution in [0.5, 0.6) is 0 Å². The maximum Gasteiger partial charge on any atom is 0.337 e. The molecule has 1 aliphatic rings. The standard InChI is InChI=1S/C30H40N2O5/c1-6-7-8-9-14-27(34)37-31-20-26(33)32(25-13-11-10-12-22(25)28(35)36)21-15-16-23-24(19-21)30(4,5)18-17-29(23,2)3/h10-13,15-16,19-20,27,34H,6-9,14,17-18H2,1-5H3,(H,35,36). The van der Waals surface area contributed by atoms with Crippen LogP contribution in [0.3, 0.4) is 0 Å². The molecule has 0 heterocycles. The number of carboxylic acids is 1. The van der Waals surface area contributed by atoms with E-state index in [-0.39, 0.29) is 22.1 Å². The third-order valence-electron chi connectivity index (χ3n) is 7.34. The number of benzene rings is 2. The average Bonchev–Trinajstić information content (AvgIpc) is 2.85. The molecule has 2 aromatic carbocycles. The van der Waals surface area contributed by atoms with Crippen LogP contribution in [0.25, 0.3) is 0 Å². The van der Waals surface area contributed by atoms with Crippen molar-refractivity contribution in [3.8, 4) is 0 Å². The third kappa shape index (κ3) is 6.77. The molecule has 7 nitrogen and oxygen atoms in total. The molecular formula is C30H40N2O5. The highest BCUT2D eigenvalue weighted by atomic mass is 16.7. The van der Waals surface area contributed by atoms with Gasteiger partial charge >= 0.3 is 5.97 Å². The van der Waals surface area contributed by atoms with E-state index in [1.807, 2.05) is 18.2 Å². The summed E-state index contributed by atoms with van der Waals surface area (Å²) in [7, 11) is 0. The minimum absolute atomic E-state index is 0.000239. The molecule has 7 heteroatoms. The van der Waals surface area contributed by atoms with Gasteiger partial charge in [0.1, 0.15) is 6.21 Å². The van der Waals surface area contributed by atoms with Gasteiger partial charge in [-0.1, -0.05) is 77.2 Å². The van der Waals surface area contributed by atoms with Gasteiger partial charge in [-0.2, -0.15) is 0 Å². The van der Waals surface area contributed by atoms with Crippen molar-refractivity contribution >= 4 is 29.5 Å². The lowest BCUT2D eigenvalue weighted by molar-refractivity contribution is -0.113. The lowest BCUT2D eigenvalue weighted by atomic mass is 9.63. The summed E-state index contributed by atoms with van der Waals surface area (Å²) >= 11 is 0. The second-order valence-corrected chi connectivity index (χ2v) is 11.1. The van der Waals surface area contributed by atoms with Crippen molar-refractivity contribution in [2.24, 2.45) is 5.16 Å². The van der Waals surface area contributed by atoms with E-state index in [1.165, 1.54) is 16.5 Å². The van der Waals surface area contributed by atoms with Gasteiger partial charge in [-0.3, -0.25) is 9.69 Å². The minimum atomic E-state index is -1.14. The molecule has 1 unspecified atom stereocenters. The normalized spacial score (nSPS) is 16.7. The van der Waals surface area contributed by atoms with Gasteiger partial charge in [-0.15, -0.1) is 0 Å².